The molecule has 0 aromatic heterocycles. The van der Waals surface area contributed by atoms with E-state index >= 15 is 0 Å². The van der Waals surface area contributed by atoms with Gasteiger partial charge in [0.25, 0.3) is 0 Å². The van der Waals surface area contributed by atoms with E-state index in [-0.39, 0.29) is 10.6 Å². The number of carboxylic acids is 1. The molecule has 8 heteroatoms. The Hall–Kier alpha value is -3.70. The molecule has 3 aromatic rings. The van der Waals surface area contributed by atoms with Crippen molar-refractivity contribution in [1.29, 1.82) is 5.26 Å². The van der Waals surface area contributed by atoms with E-state index in [0.717, 1.165) is 17.2 Å². The number of halogens is 1. The molecule has 1 atom stereocenters. The third-order valence-electron chi connectivity index (χ3n) is 4.58. The number of aliphatic carboxylic acids is 1. The molecule has 0 spiro atoms. The first-order valence-corrected chi connectivity index (χ1v) is 10.9. The predicted octanol–water partition coefficient (Wildman–Crippen LogP) is 3.92. The number of nitrogens with zero attached hydrogens (tertiary/aromatic N) is 1. The lowest BCUT2D eigenvalue weighted by molar-refractivity contribution is -0.141. The summed E-state index contributed by atoms with van der Waals surface area (Å²) in [5.74, 6) is -3.73. The van der Waals surface area contributed by atoms with Crippen LogP contribution in [-0.4, -0.2) is 31.9 Å². The van der Waals surface area contributed by atoms with Crippen molar-refractivity contribution in [3.63, 3.8) is 0 Å². The number of hydrogen-bond acceptors (Lipinski definition) is 5. The van der Waals surface area contributed by atoms with Crippen LogP contribution in [0.3, 0.4) is 0 Å². The van der Waals surface area contributed by atoms with Gasteiger partial charge in [0, 0.05) is 6.07 Å². The SMILES string of the molecule is N#Cc1ccc(-c2ccc(S(=O)(=O)CC(COc3cccc(F)c3)C(=O)O)cc2)cc1. The van der Waals surface area contributed by atoms with Crippen molar-refractivity contribution < 1.29 is 27.4 Å². The molecule has 0 fully saturated rings. The quantitative estimate of drug-likeness (QED) is 0.571. The molecule has 6 nitrogen and oxygen atoms in total. The topological polar surface area (TPSA) is 104 Å². The summed E-state index contributed by atoms with van der Waals surface area (Å²) in [6.07, 6.45) is 0. The maximum atomic E-state index is 13.2. The molecule has 0 saturated carbocycles. The van der Waals surface area contributed by atoms with Crippen LogP contribution in [0.25, 0.3) is 11.1 Å². The first kappa shape index (κ1) is 22.0. The molecular formula is C23H18FNO5S. The Bertz CT molecular complexity index is 1220. The van der Waals surface area contributed by atoms with Gasteiger partial charge in [-0.15, -0.1) is 0 Å². The van der Waals surface area contributed by atoms with Crippen molar-refractivity contribution in [2.45, 2.75) is 4.90 Å². The van der Waals surface area contributed by atoms with Crippen molar-refractivity contribution in [3.8, 4) is 22.9 Å². The Labute approximate surface area is 179 Å². The van der Waals surface area contributed by atoms with Crippen molar-refractivity contribution in [2.24, 2.45) is 5.92 Å². The minimum absolute atomic E-state index is 0.0121. The molecule has 0 heterocycles. The van der Waals surface area contributed by atoms with Crippen LogP contribution < -0.4 is 4.74 Å². The normalized spacial score (nSPS) is 12.0. The van der Waals surface area contributed by atoms with E-state index in [4.69, 9.17) is 10.00 Å². The monoisotopic (exact) mass is 439 g/mol. The van der Waals surface area contributed by atoms with Crippen molar-refractivity contribution in [3.05, 3.63) is 84.2 Å². The fourth-order valence-electron chi connectivity index (χ4n) is 2.90. The maximum absolute atomic E-state index is 13.2. The molecule has 0 radical (unpaired) electrons. The van der Waals surface area contributed by atoms with Crippen LogP contribution >= 0.6 is 0 Å². The number of ether oxygens (including phenoxy) is 1. The molecule has 0 saturated heterocycles. The predicted molar refractivity (Wildman–Crippen MR) is 112 cm³/mol. The van der Waals surface area contributed by atoms with Gasteiger partial charge in [-0.2, -0.15) is 5.26 Å². The zero-order chi connectivity index (χ0) is 22.4. The zero-order valence-corrected chi connectivity index (χ0v) is 17.0. The summed E-state index contributed by atoms with van der Waals surface area (Å²) < 4.78 is 44.0. The Morgan fingerprint density at radius 2 is 1.65 bits per heavy atom. The molecule has 1 N–H and O–H groups in total. The minimum Gasteiger partial charge on any atom is -0.493 e. The third kappa shape index (κ3) is 5.68. The Morgan fingerprint density at radius 1 is 1.03 bits per heavy atom. The number of benzene rings is 3. The van der Waals surface area contributed by atoms with Gasteiger partial charge in [-0.3, -0.25) is 4.79 Å². The van der Waals surface area contributed by atoms with Gasteiger partial charge in [-0.05, 0) is 47.5 Å². The zero-order valence-electron chi connectivity index (χ0n) is 16.2. The van der Waals surface area contributed by atoms with Crippen LogP contribution in [-0.2, 0) is 14.6 Å². The summed E-state index contributed by atoms with van der Waals surface area (Å²) in [6, 6.07) is 20.1. The van der Waals surface area contributed by atoms with Gasteiger partial charge in [0.15, 0.2) is 9.84 Å². The molecule has 31 heavy (non-hydrogen) atoms. The Kier molecular flexibility index (Phi) is 6.68. The second-order valence-electron chi connectivity index (χ2n) is 6.80. The first-order valence-electron chi connectivity index (χ1n) is 9.23. The lowest BCUT2D eigenvalue weighted by Gasteiger charge is -2.14. The molecule has 3 aromatic carbocycles. The molecule has 0 aliphatic heterocycles. The average molecular weight is 439 g/mol. The van der Waals surface area contributed by atoms with E-state index in [9.17, 15) is 22.7 Å². The molecule has 0 bridgehead atoms. The van der Waals surface area contributed by atoms with Crippen LogP contribution in [0, 0.1) is 23.1 Å². The van der Waals surface area contributed by atoms with Crippen LogP contribution in [0.5, 0.6) is 5.75 Å². The van der Waals surface area contributed by atoms with Crippen LogP contribution in [0.1, 0.15) is 5.56 Å². The highest BCUT2D eigenvalue weighted by Crippen LogP contribution is 2.23. The number of nitriles is 1. The van der Waals surface area contributed by atoms with E-state index in [0.29, 0.717) is 5.56 Å². The summed E-state index contributed by atoms with van der Waals surface area (Å²) in [4.78, 5) is 11.5. The average Bonchev–Trinajstić information content (AvgIpc) is 2.76. The number of sulfone groups is 1. The lowest BCUT2D eigenvalue weighted by Crippen LogP contribution is -2.29. The van der Waals surface area contributed by atoms with E-state index in [1.807, 2.05) is 6.07 Å². The third-order valence-corrected chi connectivity index (χ3v) is 6.41. The summed E-state index contributed by atoms with van der Waals surface area (Å²) in [5.41, 5.74) is 2.09. The van der Waals surface area contributed by atoms with E-state index in [2.05, 4.69) is 0 Å². The molecule has 0 aliphatic carbocycles. The smallest absolute Gasteiger partial charge is 0.311 e. The first-order chi connectivity index (χ1) is 14.8. The molecule has 3 rings (SSSR count). The fourth-order valence-corrected chi connectivity index (χ4v) is 4.41. The van der Waals surface area contributed by atoms with Crippen molar-refractivity contribution >= 4 is 15.8 Å². The summed E-state index contributed by atoms with van der Waals surface area (Å²) in [7, 11) is -3.90. The highest BCUT2D eigenvalue weighted by Gasteiger charge is 2.27. The highest BCUT2D eigenvalue weighted by atomic mass is 32.2. The van der Waals surface area contributed by atoms with E-state index < -0.39 is 39.9 Å². The number of hydrogen-bond donors (Lipinski definition) is 1. The highest BCUT2D eigenvalue weighted by molar-refractivity contribution is 7.91. The van der Waals surface area contributed by atoms with Crippen molar-refractivity contribution in [1.82, 2.24) is 0 Å². The second kappa shape index (κ2) is 9.41. The molecule has 0 amide bonds. The number of rotatable bonds is 8. The van der Waals surface area contributed by atoms with Crippen molar-refractivity contribution in [2.75, 3.05) is 12.4 Å². The standard InChI is InChI=1S/C23H18FNO5S/c24-20-2-1-3-21(12-20)30-14-19(23(26)27)15-31(28,29)22-10-8-18(9-11-22)17-6-4-16(13-25)5-7-17/h1-12,19H,14-15H2,(H,26,27). The number of carbonyl (C=O) groups is 1. The number of carboxylic acid groups (broad SMARTS) is 1. The van der Waals surface area contributed by atoms with Gasteiger partial charge in [0.2, 0.25) is 0 Å². The van der Waals surface area contributed by atoms with Gasteiger partial charge in [-0.25, -0.2) is 12.8 Å². The fraction of sp³-hybridized carbons (Fsp3) is 0.130. The Morgan fingerprint density at radius 3 is 2.19 bits per heavy atom. The molecule has 1 unspecified atom stereocenters. The van der Waals surface area contributed by atoms with Crippen LogP contribution in [0.15, 0.2) is 77.7 Å². The van der Waals surface area contributed by atoms with Gasteiger partial charge in [0.05, 0.1) is 22.3 Å². The summed E-state index contributed by atoms with van der Waals surface area (Å²) >= 11 is 0. The van der Waals surface area contributed by atoms with Gasteiger partial charge >= 0.3 is 5.97 Å². The van der Waals surface area contributed by atoms with Crippen LogP contribution in [0.4, 0.5) is 4.39 Å². The van der Waals surface area contributed by atoms with Gasteiger partial charge in [0.1, 0.15) is 24.1 Å². The molecule has 158 valence electrons. The lowest BCUT2D eigenvalue weighted by atomic mass is 10.0. The molecular weight excluding hydrogens is 421 g/mol. The Balaban J connectivity index is 1.72. The summed E-state index contributed by atoms with van der Waals surface area (Å²) in [5, 5.41) is 18.3. The van der Waals surface area contributed by atoms with Gasteiger partial charge in [-0.1, -0.05) is 30.3 Å². The largest absolute Gasteiger partial charge is 0.493 e. The summed E-state index contributed by atoms with van der Waals surface area (Å²) in [6.45, 7) is -0.415. The van der Waals surface area contributed by atoms with E-state index in [1.165, 1.54) is 30.3 Å². The minimum atomic E-state index is -3.90. The maximum Gasteiger partial charge on any atom is 0.311 e. The molecule has 0 aliphatic rings. The van der Waals surface area contributed by atoms with Gasteiger partial charge < -0.3 is 9.84 Å². The van der Waals surface area contributed by atoms with Crippen LogP contribution in [0.2, 0.25) is 0 Å². The second-order valence-corrected chi connectivity index (χ2v) is 8.83. The van der Waals surface area contributed by atoms with E-state index in [1.54, 1.807) is 36.4 Å².